The third kappa shape index (κ3) is 1.93. The van der Waals surface area contributed by atoms with Gasteiger partial charge in [0.25, 0.3) is 0 Å². The predicted molar refractivity (Wildman–Crippen MR) is 73.7 cm³/mol. The van der Waals surface area contributed by atoms with Gasteiger partial charge in [-0.3, -0.25) is 0 Å². The molecule has 0 aliphatic heterocycles. The first-order valence-corrected chi connectivity index (χ1v) is 5.89. The lowest BCUT2D eigenvalue weighted by Gasteiger charge is -2.09. The average Bonchev–Trinajstić information content (AvgIpc) is 2.43. The molecule has 0 fully saturated rings. The molecule has 0 aliphatic rings. The van der Waals surface area contributed by atoms with Crippen LogP contribution in [0, 0.1) is 11.6 Å². The smallest absolute Gasteiger partial charge is 0.131 e. The molecule has 94 valence electrons. The quantitative estimate of drug-likeness (QED) is 0.642. The van der Waals surface area contributed by atoms with Gasteiger partial charge >= 0.3 is 0 Å². The first kappa shape index (κ1) is 11.7. The van der Waals surface area contributed by atoms with Crippen LogP contribution in [0.3, 0.4) is 0 Å². The van der Waals surface area contributed by atoms with Gasteiger partial charge in [0.1, 0.15) is 11.6 Å². The monoisotopic (exact) mass is 255 g/mol. The lowest BCUT2D eigenvalue weighted by atomic mass is 9.97. The third-order valence-electron chi connectivity index (χ3n) is 3.15. The predicted octanol–water partition coefficient (Wildman–Crippen LogP) is 4.37. The number of hydrogen-bond acceptors (Lipinski definition) is 1. The number of anilines is 1. The van der Waals surface area contributed by atoms with Crippen LogP contribution in [0.1, 0.15) is 0 Å². The molecule has 0 bridgehead atoms. The molecule has 0 radical (unpaired) electrons. The van der Waals surface area contributed by atoms with Gasteiger partial charge in [-0.15, -0.1) is 0 Å². The fourth-order valence-electron chi connectivity index (χ4n) is 2.25. The summed E-state index contributed by atoms with van der Waals surface area (Å²) >= 11 is 0. The average molecular weight is 255 g/mol. The molecule has 3 aromatic rings. The second kappa shape index (κ2) is 4.35. The minimum absolute atomic E-state index is 0.316. The molecule has 0 atom stereocenters. The van der Waals surface area contributed by atoms with E-state index in [2.05, 4.69) is 0 Å². The number of nitrogens with two attached hydrogens (primary N) is 1. The largest absolute Gasteiger partial charge is 0.399 e. The van der Waals surface area contributed by atoms with E-state index in [1.165, 1.54) is 18.2 Å². The summed E-state index contributed by atoms with van der Waals surface area (Å²) in [6.07, 6.45) is 0. The van der Waals surface area contributed by atoms with Gasteiger partial charge in [0.2, 0.25) is 0 Å². The van der Waals surface area contributed by atoms with Crippen LogP contribution in [-0.4, -0.2) is 0 Å². The van der Waals surface area contributed by atoms with E-state index in [1.807, 2.05) is 0 Å². The van der Waals surface area contributed by atoms with Crippen LogP contribution < -0.4 is 5.73 Å². The van der Waals surface area contributed by atoms with E-state index in [4.69, 9.17) is 5.73 Å². The van der Waals surface area contributed by atoms with Crippen molar-refractivity contribution < 1.29 is 8.78 Å². The molecule has 3 heteroatoms. The number of rotatable bonds is 1. The minimum Gasteiger partial charge on any atom is -0.399 e. The topological polar surface area (TPSA) is 26.0 Å². The molecule has 0 saturated carbocycles. The second-order valence-electron chi connectivity index (χ2n) is 4.38. The van der Waals surface area contributed by atoms with Gasteiger partial charge in [0.15, 0.2) is 0 Å². The molecule has 0 aromatic heterocycles. The van der Waals surface area contributed by atoms with Gasteiger partial charge in [0.05, 0.1) is 0 Å². The Morgan fingerprint density at radius 2 is 1.37 bits per heavy atom. The number of nitrogen functional groups attached to an aromatic ring is 1. The first-order valence-electron chi connectivity index (χ1n) is 5.89. The van der Waals surface area contributed by atoms with Crippen molar-refractivity contribution in [2.24, 2.45) is 0 Å². The van der Waals surface area contributed by atoms with Crippen LogP contribution in [0.15, 0.2) is 54.6 Å². The molecule has 1 nitrogen and oxygen atoms in total. The Kier molecular flexibility index (Phi) is 2.67. The van der Waals surface area contributed by atoms with Crippen molar-refractivity contribution in [3.05, 3.63) is 66.2 Å². The first-order chi connectivity index (χ1) is 9.16. The van der Waals surface area contributed by atoms with E-state index >= 15 is 0 Å². The zero-order valence-corrected chi connectivity index (χ0v) is 10.0. The molecule has 19 heavy (non-hydrogen) atoms. The summed E-state index contributed by atoms with van der Waals surface area (Å²) in [7, 11) is 0. The third-order valence-corrected chi connectivity index (χ3v) is 3.15. The standard InChI is InChI=1S/C16H11F2N/c17-15-8-6-12(11-3-1-2-4-13(11)15)14-9-10(19)5-7-16(14)18/h1-9H,19H2. The molecule has 3 rings (SSSR count). The van der Waals surface area contributed by atoms with Crippen LogP contribution in [0.4, 0.5) is 14.5 Å². The molecule has 0 heterocycles. The molecule has 2 N–H and O–H groups in total. The van der Waals surface area contributed by atoms with E-state index in [1.54, 1.807) is 36.4 Å². The maximum atomic E-state index is 13.9. The van der Waals surface area contributed by atoms with Crippen molar-refractivity contribution in [2.45, 2.75) is 0 Å². The van der Waals surface area contributed by atoms with Crippen LogP contribution >= 0.6 is 0 Å². The van der Waals surface area contributed by atoms with Crippen molar-refractivity contribution >= 4 is 16.5 Å². The van der Waals surface area contributed by atoms with Crippen molar-refractivity contribution in [3.8, 4) is 11.1 Å². The van der Waals surface area contributed by atoms with E-state index in [-0.39, 0.29) is 11.6 Å². The molecule has 0 unspecified atom stereocenters. The summed E-state index contributed by atoms with van der Waals surface area (Å²) in [6, 6.07) is 14.3. The maximum absolute atomic E-state index is 13.9. The summed E-state index contributed by atoms with van der Waals surface area (Å²) < 4.78 is 27.7. The zero-order valence-electron chi connectivity index (χ0n) is 10.0. The Bertz CT molecular complexity index is 766. The highest BCUT2D eigenvalue weighted by atomic mass is 19.1. The highest BCUT2D eigenvalue weighted by molar-refractivity contribution is 5.97. The fourth-order valence-corrected chi connectivity index (χ4v) is 2.25. The number of fused-ring (bicyclic) bond motifs is 1. The van der Waals surface area contributed by atoms with E-state index in [9.17, 15) is 8.78 Å². The summed E-state index contributed by atoms with van der Waals surface area (Å²) in [5.41, 5.74) is 7.20. The Balaban J connectivity index is 2.37. The molecule has 0 aliphatic carbocycles. The van der Waals surface area contributed by atoms with Crippen molar-refractivity contribution in [2.75, 3.05) is 5.73 Å². The SMILES string of the molecule is Nc1ccc(F)c(-c2ccc(F)c3ccccc23)c1. The lowest BCUT2D eigenvalue weighted by molar-refractivity contribution is 0.631. The van der Waals surface area contributed by atoms with Crippen molar-refractivity contribution in [1.82, 2.24) is 0 Å². The second-order valence-corrected chi connectivity index (χ2v) is 4.38. The van der Waals surface area contributed by atoms with E-state index in [0.29, 0.717) is 27.6 Å². The van der Waals surface area contributed by atoms with Gasteiger partial charge in [0, 0.05) is 16.6 Å². The number of halogens is 2. The molecule has 0 spiro atoms. The van der Waals surface area contributed by atoms with Gasteiger partial charge < -0.3 is 5.73 Å². The summed E-state index contributed by atoms with van der Waals surface area (Å²) in [5, 5.41) is 1.15. The molecule has 3 aromatic carbocycles. The Hall–Kier alpha value is -2.42. The molecule has 0 amide bonds. The molecular weight excluding hydrogens is 244 g/mol. The van der Waals surface area contributed by atoms with Gasteiger partial charge in [-0.2, -0.15) is 0 Å². The van der Waals surface area contributed by atoms with Crippen molar-refractivity contribution in [1.29, 1.82) is 0 Å². The Morgan fingerprint density at radius 1 is 0.684 bits per heavy atom. The normalized spacial score (nSPS) is 10.8. The Labute approximate surface area is 109 Å². The lowest BCUT2D eigenvalue weighted by Crippen LogP contribution is -1.91. The van der Waals surface area contributed by atoms with Crippen LogP contribution in [0.2, 0.25) is 0 Å². The van der Waals surface area contributed by atoms with Crippen molar-refractivity contribution in [3.63, 3.8) is 0 Å². The van der Waals surface area contributed by atoms with Gasteiger partial charge in [-0.25, -0.2) is 8.78 Å². The zero-order chi connectivity index (χ0) is 13.4. The van der Waals surface area contributed by atoms with E-state index < -0.39 is 0 Å². The minimum atomic E-state index is -0.369. The number of hydrogen-bond donors (Lipinski definition) is 1. The summed E-state index contributed by atoms with van der Waals surface area (Å²) in [6.45, 7) is 0. The number of benzene rings is 3. The van der Waals surface area contributed by atoms with Crippen LogP contribution in [0.25, 0.3) is 21.9 Å². The maximum Gasteiger partial charge on any atom is 0.131 e. The van der Waals surface area contributed by atoms with Crippen LogP contribution in [0.5, 0.6) is 0 Å². The van der Waals surface area contributed by atoms with Crippen LogP contribution in [-0.2, 0) is 0 Å². The Morgan fingerprint density at radius 3 is 2.16 bits per heavy atom. The van der Waals surface area contributed by atoms with Gasteiger partial charge in [-0.1, -0.05) is 30.3 Å². The van der Waals surface area contributed by atoms with Gasteiger partial charge in [-0.05, 0) is 35.2 Å². The molecular formula is C16H11F2N. The van der Waals surface area contributed by atoms with E-state index in [0.717, 1.165) is 0 Å². The highest BCUT2D eigenvalue weighted by Crippen LogP contribution is 2.32. The molecule has 0 saturated heterocycles. The highest BCUT2D eigenvalue weighted by Gasteiger charge is 2.11. The summed E-state index contributed by atoms with van der Waals surface area (Å²) in [4.78, 5) is 0. The summed E-state index contributed by atoms with van der Waals surface area (Å²) in [5.74, 6) is -0.686. The fraction of sp³-hybridized carbons (Fsp3) is 0.